The SMILES string of the molecule is CC(=CCCC(=O)O)c1csc(Br)c1. The first-order valence-corrected chi connectivity index (χ1v) is 5.90. The lowest BCUT2D eigenvalue weighted by molar-refractivity contribution is -0.136. The summed E-state index contributed by atoms with van der Waals surface area (Å²) in [5.41, 5.74) is 2.29. The summed E-state index contributed by atoms with van der Waals surface area (Å²) in [6, 6.07) is 2.04. The molecule has 0 aliphatic carbocycles. The molecule has 0 aliphatic rings. The van der Waals surface area contributed by atoms with Gasteiger partial charge >= 0.3 is 5.97 Å². The van der Waals surface area contributed by atoms with Gasteiger partial charge in [-0.15, -0.1) is 11.3 Å². The number of halogens is 1. The van der Waals surface area contributed by atoms with Gasteiger partial charge in [-0.1, -0.05) is 6.08 Å². The van der Waals surface area contributed by atoms with E-state index in [-0.39, 0.29) is 6.42 Å². The first-order valence-electron chi connectivity index (χ1n) is 4.22. The molecule has 0 aliphatic heterocycles. The lowest BCUT2D eigenvalue weighted by Gasteiger charge is -1.95. The lowest BCUT2D eigenvalue weighted by Crippen LogP contribution is -1.92. The maximum atomic E-state index is 10.3. The van der Waals surface area contributed by atoms with Gasteiger partial charge in [0.05, 0.1) is 3.79 Å². The highest BCUT2D eigenvalue weighted by atomic mass is 79.9. The summed E-state index contributed by atoms with van der Waals surface area (Å²) in [6.07, 6.45) is 2.75. The zero-order valence-corrected chi connectivity index (χ0v) is 10.2. The minimum absolute atomic E-state index is 0.197. The van der Waals surface area contributed by atoms with Gasteiger partial charge in [0.2, 0.25) is 0 Å². The number of rotatable bonds is 4. The minimum Gasteiger partial charge on any atom is -0.481 e. The summed E-state index contributed by atoms with van der Waals surface area (Å²) in [5.74, 6) is -0.749. The number of aliphatic carboxylic acids is 1. The van der Waals surface area contributed by atoms with Crippen LogP contribution in [0.4, 0.5) is 0 Å². The van der Waals surface area contributed by atoms with Crippen molar-refractivity contribution in [2.45, 2.75) is 19.8 Å². The summed E-state index contributed by atoms with van der Waals surface area (Å²) in [4.78, 5) is 10.3. The predicted octanol–water partition coefficient (Wildman–Crippen LogP) is 3.78. The van der Waals surface area contributed by atoms with Gasteiger partial charge in [-0.2, -0.15) is 0 Å². The second kappa shape index (κ2) is 5.32. The fourth-order valence-electron chi connectivity index (χ4n) is 1.05. The van der Waals surface area contributed by atoms with Crippen LogP contribution in [0.2, 0.25) is 0 Å². The van der Waals surface area contributed by atoms with E-state index in [4.69, 9.17) is 5.11 Å². The Morgan fingerprint density at radius 3 is 2.93 bits per heavy atom. The molecule has 0 saturated carbocycles. The van der Waals surface area contributed by atoms with Crippen LogP contribution in [-0.2, 0) is 4.79 Å². The van der Waals surface area contributed by atoms with Crippen LogP contribution in [-0.4, -0.2) is 11.1 Å². The van der Waals surface area contributed by atoms with E-state index in [0.717, 1.165) is 14.9 Å². The summed E-state index contributed by atoms with van der Waals surface area (Å²) >= 11 is 5.02. The molecule has 0 amide bonds. The molecular formula is C10H11BrO2S. The zero-order chi connectivity index (χ0) is 10.6. The molecule has 0 unspecified atom stereocenters. The number of thiophene rings is 1. The molecular weight excluding hydrogens is 264 g/mol. The number of hydrogen-bond acceptors (Lipinski definition) is 2. The van der Waals surface area contributed by atoms with Gasteiger partial charge in [0.1, 0.15) is 0 Å². The van der Waals surface area contributed by atoms with Crippen LogP contribution < -0.4 is 0 Å². The van der Waals surface area contributed by atoms with Crippen LogP contribution >= 0.6 is 27.3 Å². The van der Waals surface area contributed by atoms with Crippen LogP contribution in [0.25, 0.3) is 5.57 Å². The zero-order valence-electron chi connectivity index (χ0n) is 7.79. The van der Waals surface area contributed by atoms with Gasteiger partial charge in [-0.05, 0) is 51.9 Å². The van der Waals surface area contributed by atoms with Crippen molar-refractivity contribution >= 4 is 38.8 Å². The number of hydrogen-bond donors (Lipinski definition) is 1. The van der Waals surface area contributed by atoms with E-state index in [1.54, 1.807) is 11.3 Å². The van der Waals surface area contributed by atoms with Gasteiger partial charge in [-0.3, -0.25) is 4.79 Å². The Kier molecular flexibility index (Phi) is 4.35. The first-order chi connectivity index (χ1) is 6.59. The Labute approximate surface area is 95.4 Å². The number of allylic oxidation sites excluding steroid dienone is 2. The Morgan fingerprint density at radius 2 is 2.43 bits per heavy atom. The number of carbonyl (C=O) groups is 1. The minimum atomic E-state index is -0.749. The molecule has 1 heterocycles. The van der Waals surface area contributed by atoms with Crippen LogP contribution in [0.3, 0.4) is 0 Å². The molecule has 0 spiro atoms. The van der Waals surface area contributed by atoms with Crippen molar-refractivity contribution in [3.8, 4) is 0 Å². The van der Waals surface area contributed by atoms with E-state index in [1.165, 1.54) is 0 Å². The van der Waals surface area contributed by atoms with Gasteiger partial charge in [-0.25, -0.2) is 0 Å². The number of carboxylic acid groups (broad SMARTS) is 1. The summed E-state index contributed by atoms with van der Waals surface area (Å²) < 4.78 is 1.10. The van der Waals surface area contributed by atoms with Crippen molar-refractivity contribution in [1.82, 2.24) is 0 Å². The topological polar surface area (TPSA) is 37.3 Å². The van der Waals surface area contributed by atoms with E-state index < -0.39 is 5.97 Å². The first kappa shape index (κ1) is 11.5. The second-order valence-corrected chi connectivity index (χ2v) is 5.25. The lowest BCUT2D eigenvalue weighted by atomic mass is 10.1. The predicted molar refractivity (Wildman–Crippen MR) is 62.5 cm³/mol. The monoisotopic (exact) mass is 274 g/mol. The molecule has 0 atom stereocenters. The van der Waals surface area contributed by atoms with Gasteiger partial charge in [0, 0.05) is 6.42 Å². The molecule has 1 rings (SSSR count). The molecule has 0 aromatic carbocycles. The van der Waals surface area contributed by atoms with Gasteiger partial charge in [0.25, 0.3) is 0 Å². The third kappa shape index (κ3) is 3.64. The highest BCUT2D eigenvalue weighted by Gasteiger charge is 1.99. The molecule has 0 saturated heterocycles. The Balaban J connectivity index is 2.56. The third-order valence-electron chi connectivity index (χ3n) is 1.83. The van der Waals surface area contributed by atoms with E-state index in [9.17, 15) is 4.79 Å². The molecule has 1 aromatic heterocycles. The van der Waals surface area contributed by atoms with Crippen molar-refractivity contribution in [2.24, 2.45) is 0 Å². The summed E-state index contributed by atoms with van der Waals surface area (Å²) in [6.45, 7) is 2.00. The largest absolute Gasteiger partial charge is 0.481 e. The van der Waals surface area contributed by atoms with E-state index in [2.05, 4.69) is 21.3 Å². The Bertz CT molecular complexity index is 355. The standard InChI is InChI=1S/C10H11BrO2S/c1-7(3-2-4-10(12)13)8-5-9(11)14-6-8/h3,5-6H,2,4H2,1H3,(H,12,13). The fraction of sp³-hybridized carbons (Fsp3) is 0.300. The molecule has 14 heavy (non-hydrogen) atoms. The molecule has 1 N–H and O–H groups in total. The van der Waals surface area contributed by atoms with E-state index in [0.29, 0.717) is 6.42 Å². The molecule has 0 bridgehead atoms. The van der Waals surface area contributed by atoms with Crippen molar-refractivity contribution in [2.75, 3.05) is 0 Å². The number of carboxylic acids is 1. The van der Waals surface area contributed by atoms with Crippen LogP contribution in [0.1, 0.15) is 25.3 Å². The van der Waals surface area contributed by atoms with Crippen molar-refractivity contribution in [3.05, 3.63) is 26.9 Å². The van der Waals surface area contributed by atoms with Crippen molar-refractivity contribution in [3.63, 3.8) is 0 Å². The third-order valence-corrected chi connectivity index (χ3v) is 3.34. The van der Waals surface area contributed by atoms with E-state index >= 15 is 0 Å². The van der Waals surface area contributed by atoms with Gasteiger partial charge in [0.15, 0.2) is 0 Å². The summed E-state index contributed by atoms with van der Waals surface area (Å²) in [5, 5.41) is 10.5. The van der Waals surface area contributed by atoms with E-state index in [1.807, 2.05) is 19.1 Å². The average Bonchev–Trinajstić information content (AvgIpc) is 2.51. The van der Waals surface area contributed by atoms with Crippen molar-refractivity contribution < 1.29 is 9.90 Å². The molecule has 1 aromatic rings. The highest BCUT2D eigenvalue weighted by molar-refractivity contribution is 9.11. The van der Waals surface area contributed by atoms with Gasteiger partial charge < -0.3 is 5.11 Å². The average molecular weight is 275 g/mol. The van der Waals surface area contributed by atoms with Crippen molar-refractivity contribution in [1.29, 1.82) is 0 Å². The fourth-order valence-corrected chi connectivity index (χ4v) is 2.26. The van der Waals surface area contributed by atoms with Crippen LogP contribution in [0.15, 0.2) is 21.3 Å². The van der Waals surface area contributed by atoms with Crippen LogP contribution in [0, 0.1) is 0 Å². The maximum absolute atomic E-state index is 10.3. The Hall–Kier alpha value is -0.610. The Morgan fingerprint density at radius 1 is 1.71 bits per heavy atom. The molecule has 4 heteroatoms. The molecule has 2 nitrogen and oxygen atoms in total. The summed E-state index contributed by atoms with van der Waals surface area (Å²) in [7, 11) is 0. The molecule has 0 radical (unpaired) electrons. The maximum Gasteiger partial charge on any atom is 0.303 e. The second-order valence-electron chi connectivity index (χ2n) is 2.96. The quantitative estimate of drug-likeness (QED) is 0.908. The highest BCUT2D eigenvalue weighted by Crippen LogP contribution is 2.25. The molecule has 0 fully saturated rings. The normalized spacial score (nSPS) is 11.7. The smallest absolute Gasteiger partial charge is 0.303 e. The molecule has 76 valence electrons. The van der Waals surface area contributed by atoms with Crippen LogP contribution in [0.5, 0.6) is 0 Å².